The Morgan fingerprint density at radius 1 is 1.05 bits per heavy atom. The number of piperazine rings is 1. The van der Waals surface area contributed by atoms with E-state index in [1.54, 1.807) is 0 Å². The molecule has 2 aliphatic rings. The molecule has 110 valence electrons. The third-order valence-electron chi connectivity index (χ3n) is 4.82. The molecule has 1 saturated heterocycles. The van der Waals surface area contributed by atoms with Crippen molar-refractivity contribution in [2.45, 2.75) is 19.3 Å². The van der Waals surface area contributed by atoms with Gasteiger partial charge in [0.2, 0.25) is 0 Å². The lowest BCUT2D eigenvalue weighted by Gasteiger charge is -2.46. The van der Waals surface area contributed by atoms with Gasteiger partial charge in [0.1, 0.15) is 0 Å². The number of anilines is 1. The maximum Gasteiger partial charge on any atom is 0.0407 e. The van der Waals surface area contributed by atoms with Crippen molar-refractivity contribution in [1.29, 1.82) is 0 Å². The topological polar surface area (TPSA) is 6.48 Å². The Hall–Kier alpha value is -0.250. The Bertz CT molecular complexity index is 431. The highest BCUT2D eigenvalue weighted by Gasteiger charge is 2.37. The summed E-state index contributed by atoms with van der Waals surface area (Å²) in [5.41, 5.74) is 1.87. The van der Waals surface area contributed by atoms with Crippen molar-refractivity contribution in [3.63, 3.8) is 0 Å². The number of halogens is 2. The highest BCUT2D eigenvalue weighted by molar-refractivity contribution is 9.09. The van der Waals surface area contributed by atoms with Crippen LogP contribution in [0.4, 0.5) is 5.69 Å². The molecule has 1 aliphatic carbocycles. The first-order valence-corrected chi connectivity index (χ1v) is 9.00. The van der Waals surface area contributed by atoms with Crippen molar-refractivity contribution in [2.75, 3.05) is 43.0 Å². The molecule has 3 rings (SSSR count). The highest BCUT2D eigenvalue weighted by Crippen LogP contribution is 2.43. The van der Waals surface area contributed by atoms with Gasteiger partial charge in [-0.2, -0.15) is 0 Å². The third-order valence-corrected chi connectivity index (χ3v) is 6.26. The molecule has 0 atom stereocenters. The number of nitrogens with zero attached hydrogens (tertiary/aromatic N) is 2. The minimum atomic E-state index is 0.572. The van der Waals surface area contributed by atoms with E-state index in [4.69, 9.17) is 11.6 Å². The van der Waals surface area contributed by atoms with E-state index in [2.05, 4.69) is 37.9 Å². The van der Waals surface area contributed by atoms with Crippen LogP contribution in [0.5, 0.6) is 0 Å². The Balaban J connectivity index is 1.53. The van der Waals surface area contributed by atoms with Gasteiger partial charge in [-0.1, -0.05) is 34.0 Å². The summed E-state index contributed by atoms with van der Waals surface area (Å²) in [7, 11) is 0. The van der Waals surface area contributed by atoms with E-state index in [1.165, 1.54) is 44.6 Å². The molecular formula is C16H22BrClN2. The fourth-order valence-electron chi connectivity index (χ4n) is 3.30. The van der Waals surface area contributed by atoms with Crippen molar-refractivity contribution in [2.24, 2.45) is 5.41 Å². The zero-order chi connectivity index (χ0) is 14.0. The number of hydrogen-bond donors (Lipinski definition) is 0. The SMILES string of the molecule is Clc1ccc(N2CCN(CC3(CBr)CCC3)CC2)cc1. The Morgan fingerprint density at radius 2 is 1.70 bits per heavy atom. The molecule has 0 bridgehead atoms. The van der Waals surface area contributed by atoms with Crippen molar-refractivity contribution in [3.8, 4) is 0 Å². The van der Waals surface area contributed by atoms with Crippen LogP contribution in [0.1, 0.15) is 19.3 Å². The molecular weight excluding hydrogens is 336 g/mol. The van der Waals surface area contributed by atoms with E-state index < -0.39 is 0 Å². The largest absolute Gasteiger partial charge is 0.369 e. The van der Waals surface area contributed by atoms with E-state index in [-0.39, 0.29) is 0 Å². The molecule has 4 heteroatoms. The predicted octanol–water partition coefficient (Wildman–Crippen LogP) is 4.03. The van der Waals surface area contributed by atoms with E-state index >= 15 is 0 Å². The lowest BCUT2D eigenvalue weighted by atomic mass is 9.70. The molecule has 1 aromatic rings. The molecule has 1 saturated carbocycles. The quantitative estimate of drug-likeness (QED) is 0.751. The summed E-state index contributed by atoms with van der Waals surface area (Å²) in [5, 5.41) is 1.98. The lowest BCUT2D eigenvalue weighted by Crippen LogP contribution is -2.52. The first kappa shape index (κ1) is 14.7. The fourth-order valence-corrected chi connectivity index (χ4v) is 4.17. The molecule has 0 unspecified atom stereocenters. The minimum Gasteiger partial charge on any atom is -0.369 e. The molecule has 0 radical (unpaired) electrons. The zero-order valence-corrected chi connectivity index (χ0v) is 14.2. The first-order chi connectivity index (χ1) is 9.71. The van der Waals surface area contributed by atoms with Crippen molar-refractivity contribution < 1.29 is 0 Å². The molecule has 1 aliphatic heterocycles. The van der Waals surface area contributed by atoms with Crippen molar-refractivity contribution >= 4 is 33.2 Å². The van der Waals surface area contributed by atoms with Crippen LogP contribution < -0.4 is 4.90 Å². The van der Waals surface area contributed by atoms with E-state index in [9.17, 15) is 0 Å². The van der Waals surface area contributed by atoms with Crippen LogP contribution in [0.3, 0.4) is 0 Å². The smallest absolute Gasteiger partial charge is 0.0407 e. The molecule has 0 N–H and O–H groups in total. The maximum absolute atomic E-state index is 5.95. The summed E-state index contributed by atoms with van der Waals surface area (Å²) in [6.07, 6.45) is 4.21. The second-order valence-electron chi connectivity index (χ2n) is 6.23. The van der Waals surface area contributed by atoms with Gasteiger partial charge in [-0.3, -0.25) is 4.90 Å². The minimum absolute atomic E-state index is 0.572. The summed E-state index contributed by atoms with van der Waals surface area (Å²) >= 11 is 9.67. The molecule has 2 fully saturated rings. The third kappa shape index (κ3) is 3.15. The van der Waals surface area contributed by atoms with Crippen LogP contribution in [0.25, 0.3) is 0 Å². The van der Waals surface area contributed by atoms with Crippen molar-refractivity contribution in [1.82, 2.24) is 4.90 Å². The number of benzene rings is 1. The monoisotopic (exact) mass is 356 g/mol. The summed E-state index contributed by atoms with van der Waals surface area (Å²) < 4.78 is 0. The molecule has 1 heterocycles. The summed E-state index contributed by atoms with van der Waals surface area (Å²) in [6, 6.07) is 8.22. The Morgan fingerprint density at radius 3 is 2.20 bits per heavy atom. The van der Waals surface area contributed by atoms with Gasteiger partial charge in [-0.15, -0.1) is 0 Å². The van der Waals surface area contributed by atoms with Gasteiger partial charge >= 0.3 is 0 Å². The summed E-state index contributed by atoms with van der Waals surface area (Å²) in [5.74, 6) is 0. The molecule has 0 spiro atoms. The van der Waals surface area contributed by atoms with Gasteiger partial charge in [0.15, 0.2) is 0 Å². The van der Waals surface area contributed by atoms with E-state index in [0.717, 1.165) is 23.4 Å². The summed E-state index contributed by atoms with van der Waals surface area (Å²) in [4.78, 5) is 5.11. The van der Waals surface area contributed by atoms with Crippen LogP contribution in [0.15, 0.2) is 24.3 Å². The average Bonchev–Trinajstić information content (AvgIpc) is 2.45. The molecule has 0 aromatic heterocycles. The fraction of sp³-hybridized carbons (Fsp3) is 0.625. The van der Waals surface area contributed by atoms with E-state index in [1.807, 2.05) is 12.1 Å². The van der Waals surface area contributed by atoms with Crippen molar-refractivity contribution in [3.05, 3.63) is 29.3 Å². The molecule has 2 nitrogen and oxygen atoms in total. The van der Waals surface area contributed by atoms with Gasteiger partial charge in [-0.05, 0) is 42.5 Å². The normalized spacial score (nSPS) is 22.6. The molecule has 0 amide bonds. The highest BCUT2D eigenvalue weighted by atomic mass is 79.9. The average molecular weight is 358 g/mol. The number of rotatable bonds is 4. The number of alkyl halides is 1. The van der Waals surface area contributed by atoms with Gasteiger partial charge in [-0.25, -0.2) is 0 Å². The maximum atomic E-state index is 5.95. The van der Waals surface area contributed by atoms with Crippen LogP contribution in [-0.2, 0) is 0 Å². The second-order valence-corrected chi connectivity index (χ2v) is 7.22. The van der Waals surface area contributed by atoms with Crippen LogP contribution in [0.2, 0.25) is 5.02 Å². The summed E-state index contributed by atoms with van der Waals surface area (Å²) in [6.45, 7) is 5.88. The van der Waals surface area contributed by atoms with Gasteiger partial charge in [0, 0.05) is 48.8 Å². The Kier molecular flexibility index (Phi) is 4.58. The van der Waals surface area contributed by atoms with Crippen LogP contribution in [-0.4, -0.2) is 43.0 Å². The van der Waals surface area contributed by atoms with Gasteiger partial charge in [0.25, 0.3) is 0 Å². The van der Waals surface area contributed by atoms with E-state index in [0.29, 0.717) is 5.41 Å². The standard InChI is InChI=1S/C16H22BrClN2/c17-12-16(6-1-7-16)13-19-8-10-20(11-9-19)15-4-2-14(18)3-5-15/h2-5H,1,6-13H2. The van der Waals surface area contributed by atoms with Gasteiger partial charge < -0.3 is 4.90 Å². The van der Waals surface area contributed by atoms with Crippen LogP contribution in [0, 0.1) is 5.41 Å². The second kappa shape index (κ2) is 6.25. The number of hydrogen-bond acceptors (Lipinski definition) is 2. The Labute approximate surface area is 135 Å². The lowest BCUT2D eigenvalue weighted by molar-refractivity contribution is 0.0877. The predicted molar refractivity (Wildman–Crippen MR) is 90.2 cm³/mol. The van der Waals surface area contributed by atoms with Crippen LogP contribution >= 0.6 is 27.5 Å². The van der Waals surface area contributed by atoms with Gasteiger partial charge in [0.05, 0.1) is 0 Å². The molecule has 20 heavy (non-hydrogen) atoms. The zero-order valence-electron chi connectivity index (χ0n) is 11.8. The molecule has 1 aromatic carbocycles. The first-order valence-electron chi connectivity index (χ1n) is 7.50.